The van der Waals surface area contributed by atoms with Crippen LogP contribution in [0.3, 0.4) is 0 Å². The standard InChI is InChI=1S/C18H38O4.C13H28O3/c1-6-11-12-13-14-15-16-17(19-7-2)18(20-8-3,21-9-4)22-10-5;1-5-6-7-8-9-10-11-12-13(14-2,15-3)16-4/h17H,6-16H2,1-5H3;5-12H2,1-4H3. The van der Waals surface area contributed by atoms with Crippen molar-refractivity contribution in [3.8, 4) is 0 Å². The Balaban J connectivity index is 0. The summed E-state index contributed by atoms with van der Waals surface area (Å²) in [7, 11) is 4.86. The van der Waals surface area contributed by atoms with Gasteiger partial charge in [0.15, 0.2) is 0 Å². The Morgan fingerprint density at radius 3 is 1.24 bits per heavy atom. The second-order valence-corrected chi connectivity index (χ2v) is 9.57. The molecule has 0 N–H and O–H groups in total. The summed E-state index contributed by atoms with van der Waals surface area (Å²) in [6.45, 7) is 14.6. The van der Waals surface area contributed by atoms with Gasteiger partial charge in [0.05, 0.1) is 0 Å². The highest BCUT2D eigenvalue weighted by atomic mass is 16.9. The summed E-state index contributed by atoms with van der Waals surface area (Å²) in [5, 5.41) is 0. The van der Waals surface area contributed by atoms with Crippen molar-refractivity contribution in [3.63, 3.8) is 0 Å². The highest BCUT2D eigenvalue weighted by Crippen LogP contribution is 2.28. The van der Waals surface area contributed by atoms with Crippen LogP contribution in [0.15, 0.2) is 0 Å². The second kappa shape index (κ2) is 28.3. The fourth-order valence-corrected chi connectivity index (χ4v) is 4.54. The van der Waals surface area contributed by atoms with Crippen molar-refractivity contribution in [2.45, 2.75) is 156 Å². The molecule has 0 rings (SSSR count). The topological polar surface area (TPSA) is 64.6 Å². The van der Waals surface area contributed by atoms with E-state index in [2.05, 4.69) is 13.8 Å². The molecule has 7 heteroatoms. The lowest BCUT2D eigenvalue weighted by Gasteiger charge is -2.38. The van der Waals surface area contributed by atoms with Crippen LogP contribution in [0, 0.1) is 0 Å². The maximum atomic E-state index is 5.92. The van der Waals surface area contributed by atoms with Crippen molar-refractivity contribution in [3.05, 3.63) is 0 Å². The molecular weight excluding hydrogens is 484 g/mol. The van der Waals surface area contributed by atoms with Gasteiger partial charge in [-0.1, -0.05) is 90.9 Å². The SMILES string of the molecule is CCCCCCCCC(OCC)C(OCC)(OCC)OCC.CCCCCCCCCC(OC)(OC)OC. The predicted octanol–water partition coefficient (Wildman–Crippen LogP) is 8.63. The van der Waals surface area contributed by atoms with Crippen molar-refractivity contribution >= 4 is 0 Å². The predicted molar refractivity (Wildman–Crippen MR) is 157 cm³/mol. The van der Waals surface area contributed by atoms with E-state index in [1.54, 1.807) is 21.3 Å². The highest BCUT2D eigenvalue weighted by molar-refractivity contribution is 4.73. The summed E-state index contributed by atoms with van der Waals surface area (Å²) < 4.78 is 39.2. The van der Waals surface area contributed by atoms with E-state index in [-0.39, 0.29) is 6.10 Å². The Morgan fingerprint density at radius 1 is 0.474 bits per heavy atom. The van der Waals surface area contributed by atoms with Gasteiger partial charge < -0.3 is 33.2 Å². The number of methoxy groups -OCH3 is 3. The smallest absolute Gasteiger partial charge is 0.310 e. The van der Waals surface area contributed by atoms with E-state index in [1.807, 2.05) is 27.7 Å². The number of hydrogen-bond acceptors (Lipinski definition) is 7. The Hall–Kier alpha value is -0.280. The monoisotopic (exact) mass is 550 g/mol. The quantitative estimate of drug-likeness (QED) is 0.0749. The third-order valence-electron chi connectivity index (χ3n) is 6.64. The van der Waals surface area contributed by atoms with Gasteiger partial charge in [-0.25, -0.2) is 0 Å². The lowest BCUT2D eigenvalue weighted by atomic mass is 10.1. The molecular formula is C31H66O7. The molecule has 0 saturated carbocycles. The Labute approximate surface area is 236 Å². The van der Waals surface area contributed by atoms with Gasteiger partial charge in [0.25, 0.3) is 5.97 Å². The van der Waals surface area contributed by atoms with Gasteiger partial charge in [-0.3, -0.25) is 0 Å². The maximum absolute atomic E-state index is 5.92. The lowest BCUT2D eigenvalue weighted by molar-refractivity contribution is -0.415. The second-order valence-electron chi connectivity index (χ2n) is 9.57. The minimum atomic E-state index is -1.06. The maximum Gasteiger partial charge on any atom is 0.310 e. The van der Waals surface area contributed by atoms with Crippen molar-refractivity contribution in [1.82, 2.24) is 0 Å². The zero-order chi connectivity index (χ0) is 29.0. The number of rotatable bonds is 27. The van der Waals surface area contributed by atoms with Crippen molar-refractivity contribution in [2.24, 2.45) is 0 Å². The van der Waals surface area contributed by atoms with Crippen LogP contribution < -0.4 is 0 Å². The minimum absolute atomic E-state index is 0.177. The van der Waals surface area contributed by atoms with E-state index in [4.69, 9.17) is 33.2 Å². The summed E-state index contributed by atoms with van der Waals surface area (Å²) in [5.41, 5.74) is 0. The fourth-order valence-electron chi connectivity index (χ4n) is 4.54. The van der Waals surface area contributed by atoms with Gasteiger partial charge in [-0.2, -0.15) is 0 Å². The Morgan fingerprint density at radius 2 is 0.868 bits per heavy atom. The van der Waals surface area contributed by atoms with E-state index in [0.717, 1.165) is 25.7 Å². The zero-order valence-corrected chi connectivity index (χ0v) is 26.9. The van der Waals surface area contributed by atoms with E-state index >= 15 is 0 Å². The number of ether oxygens (including phenoxy) is 7. The van der Waals surface area contributed by atoms with Crippen LogP contribution in [0.25, 0.3) is 0 Å². The molecule has 232 valence electrons. The van der Waals surface area contributed by atoms with Crippen molar-refractivity contribution < 1.29 is 33.2 Å². The molecule has 0 heterocycles. The van der Waals surface area contributed by atoms with Crippen LogP contribution in [0.1, 0.15) is 138 Å². The molecule has 0 amide bonds. The average Bonchev–Trinajstić information content (AvgIpc) is 2.93. The third kappa shape index (κ3) is 18.9. The molecule has 0 aromatic carbocycles. The van der Waals surface area contributed by atoms with Crippen LogP contribution in [-0.2, 0) is 33.2 Å². The van der Waals surface area contributed by atoms with E-state index < -0.39 is 11.9 Å². The zero-order valence-electron chi connectivity index (χ0n) is 26.9. The Kier molecular flexibility index (Phi) is 29.6. The first-order chi connectivity index (χ1) is 18.4. The number of unbranched alkanes of at least 4 members (excludes halogenated alkanes) is 11. The van der Waals surface area contributed by atoms with E-state index in [0.29, 0.717) is 26.4 Å². The number of hydrogen-bond donors (Lipinski definition) is 0. The van der Waals surface area contributed by atoms with Crippen molar-refractivity contribution in [2.75, 3.05) is 47.8 Å². The molecule has 0 spiro atoms. The third-order valence-corrected chi connectivity index (χ3v) is 6.64. The molecule has 0 bridgehead atoms. The Bertz CT molecular complexity index is 432. The van der Waals surface area contributed by atoms with Crippen LogP contribution in [-0.4, -0.2) is 65.8 Å². The van der Waals surface area contributed by atoms with Gasteiger partial charge >= 0.3 is 5.97 Å². The van der Waals surface area contributed by atoms with Gasteiger partial charge in [0.2, 0.25) is 0 Å². The molecule has 38 heavy (non-hydrogen) atoms. The van der Waals surface area contributed by atoms with E-state index in [9.17, 15) is 0 Å². The molecule has 0 aliphatic heterocycles. The minimum Gasteiger partial charge on any atom is -0.370 e. The van der Waals surface area contributed by atoms with Crippen LogP contribution in [0.4, 0.5) is 0 Å². The average molecular weight is 551 g/mol. The molecule has 0 fully saturated rings. The molecule has 0 aliphatic rings. The summed E-state index contributed by atoms with van der Waals surface area (Å²) in [6, 6.07) is 0. The first kappa shape index (κ1) is 39.9. The van der Waals surface area contributed by atoms with Crippen LogP contribution in [0.5, 0.6) is 0 Å². The fraction of sp³-hybridized carbons (Fsp3) is 1.00. The molecule has 7 nitrogen and oxygen atoms in total. The van der Waals surface area contributed by atoms with Crippen LogP contribution >= 0.6 is 0 Å². The van der Waals surface area contributed by atoms with Gasteiger partial charge in [0, 0.05) is 54.2 Å². The molecule has 0 saturated heterocycles. The van der Waals surface area contributed by atoms with E-state index in [1.165, 1.54) is 70.6 Å². The first-order valence-electron chi connectivity index (χ1n) is 15.6. The van der Waals surface area contributed by atoms with Gasteiger partial charge in [0.1, 0.15) is 6.10 Å². The van der Waals surface area contributed by atoms with Crippen molar-refractivity contribution in [1.29, 1.82) is 0 Å². The van der Waals surface area contributed by atoms with Gasteiger partial charge in [-0.15, -0.1) is 0 Å². The summed E-state index contributed by atoms with van der Waals surface area (Å²) >= 11 is 0. The van der Waals surface area contributed by atoms with Gasteiger partial charge in [-0.05, 0) is 40.5 Å². The summed E-state index contributed by atoms with van der Waals surface area (Å²) in [6.07, 6.45) is 18.1. The molecule has 0 aromatic rings. The molecule has 1 atom stereocenters. The summed E-state index contributed by atoms with van der Waals surface area (Å²) in [5.74, 6) is -1.89. The first-order valence-corrected chi connectivity index (χ1v) is 15.6. The molecule has 0 aliphatic carbocycles. The normalized spacial score (nSPS) is 12.9. The molecule has 0 radical (unpaired) electrons. The highest BCUT2D eigenvalue weighted by Gasteiger charge is 2.42. The largest absolute Gasteiger partial charge is 0.370 e. The molecule has 1 unspecified atom stereocenters. The van der Waals surface area contributed by atoms with Crippen LogP contribution in [0.2, 0.25) is 0 Å². The molecule has 0 aromatic heterocycles. The summed E-state index contributed by atoms with van der Waals surface area (Å²) in [4.78, 5) is 0. The lowest BCUT2D eigenvalue weighted by Crippen LogP contribution is -2.51.